The average Bonchev–Trinajstić information content (AvgIpc) is 2.70. The van der Waals surface area contributed by atoms with Crippen molar-refractivity contribution < 1.29 is 13.2 Å². The zero-order chi connectivity index (χ0) is 11.4. The zero-order valence-corrected chi connectivity index (χ0v) is 10.3. The number of piperidine rings is 1. The lowest BCUT2D eigenvalue weighted by molar-refractivity contribution is 0.127. The van der Waals surface area contributed by atoms with Gasteiger partial charge in [0.1, 0.15) is 0 Å². The van der Waals surface area contributed by atoms with Crippen molar-refractivity contribution in [2.45, 2.75) is 37.8 Å². The van der Waals surface area contributed by atoms with E-state index in [1.165, 1.54) is 0 Å². The largest absolute Gasteiger partial charge is 0.377 e. The standard InChI is InChI=1S/C10H20N2O3S/c13-16(14,8-10-4-2-6-15-10)12-9-3-1-5-11-7-9/h9-12H,1-8H2. The van der Waals surface area contributed by atoms with E-state index in [9.17, 15) is 8.42 Å². The van der Waals surface area contributed by atoms with Gasteiger partial charge < -0.3 is 10.1 Å². The number of hydrogen-bond donors (Lipinski definition) is 2. The Bertz CT molecular complexity index is 306. The Morgan fingerprint density at radius 1 is 1.31 bits per heavy atom. The summed E-state index contributed by atoms with van der Waals surface area (Å²) in [5, 5.41) is 3.19. The van der Waals surface area contributed by atoms with E-state index in [-0.39, 0.29) is 17.9 Å². The van der Waals surface area contributed by atoms with Crippen LogP contribution < -0.4 is 10.0 Å². The van der Waals surface area contributed by atoms with Crippen LogP contribution in [-0.4, -0.2) is 46.0 Å². The Labute approximate surface area is 97.0 Å². The summed E-state index contributed by atoms with van der Waals surface area (Å²) < 4.78 is 31.8. The second kappa shape index (κ2) is 5.44. The van der Waals surface area contributed by atoms with E-state index in [0.717, 1.165) is 38.8 Å². The molecule has 2 aliphatic rings. The van der Waals surface area contributed by atoms with Gasteiger partial charge in [-0.3, -0.25) is 0 Å². The maximum Gasteiger partial charge on any atom is 0.214 e. The fourth-order valence-electron chi connectivity index (χ4n) is 2.27. The van der Waals surface area contributed by atoms with Crippen LogP contribution in [0.5, 0.6) is 0 Å². The van der Waals surface area contributed by atoms with Gasteiger partial charge in [-0.05, 0) is 32.2 Å². The van der Waals surface area contributed by atoms with Crippen LogP contribution >= 0.6 is 0 Å². The van der Waals surface area contributed by atoms with Gasteiger partial charge >= 0.3 is 0 Å². The molecule has 2 unspecified atom stereocenters. The molecule has 5 nitrogen and oxygen atoms in total. The molecule has 0 aromatic heterocycles. The molecule has 2 fully saturated rings. The first-order valence-electron chi connectivity index (χ1n) is 5.98. The quantitative estimate of drug-likeness (QED) is 0.725. The third kappa shape index (κ3) is 3.69. The van der Waals surface area contributed by atoms with Crippen LogP contribution in [0, 0.1) is 0 Å². The average molecular weight is 248 g/mol. The zero-order valence-electron chi connectivity index (χ0n) is 9.44. The molecular formula is C10H20N2O3S. The van der Waals surface area contributed by atoms with Gasteiger partial charge in [0.2, 0.25) is 10.0 Å². The minimum Gasteiger partial charge on any atom is -0.377 e. The highest BCUT2D eigenvalue weighted by Crippen LogP contribution is 2.14. The monoisotopic (exact) mass is 248 g/mol. The van der Waals surface area contributed by atoms with Crippen molar-refractivity contribution in [3.8, 4) is 0 Å². The smallest absolute Gasteiger partial charge is 0.214 e. The second-order valence-electron chi connectivity index (χ2n) is 4.58. The van der Waals surface area contributed by atoms with Crippen LogP contribution in [0.1, 0.15) is 25.7 Å². The maximum atomic E-state index is 11.8. The lowest BCUT2D eigenvalue weighted by Crippen LogP contribution is -2.47. The molecule has 2 heterocycles. The normalized spacial score (nSPS) is 31.8. The lowest BCUT2D eigenvalue weighted by Gasteiger charge is -2.24. The molecule has 2 N–H and O–H groups in total. The Morgan fingerprint density at radius 2 is 2.19 bits per heavy atom. The van der Waals surface area contributed by atoms with Crippen LogP contribution in [0.25, 0.3) is 0 Å². The molecule has 0 bridgehead atoms. The molecule has 16 heavy (non-hydrogen) atoms. The van der Waals surface area contributed by atoms with Gasteiger partial charge in [-0.15, -0.1) is 0 Å². The topological polar surface area (TPSA) is 67.4 Å². The molecule has 2 saturated heterocycles. The maximum absolute atomic E-state index is 11.8. The predicted molar refractivity (Wildman–Crippen MR) is 61.8 cm³/mol. The van der Waals surface area contributed by atoms with Crippen molar-refractivity contribution in [3.05, 3.63) is 0 Å². The third-order valence-corrected chi connectivity index (χ3v) is 4.58. The van der Waals surface area contributed by atoms with Crippen molar-refractivity contribution >= 4 is 10.0 Å². The molecule has 0 aromatic carbocycles. The van der Waals surface area contributed by atoms with Crippen LogP contribution in [0.3, 0.4) is 0 Å². The van der Waals surface area contributed by atoms with E-state index in [4.69, 9.17) is 4.74 Å². The molecule has 0 aliphatic carbocycles. The Hall–Kier alpha value is -0.170. The van der Waals surface area contributed by atoms with Crippen LogP contribution in [0.4, 0.5) is 0 Å². The van der Waals surface area contributed by atoms with Crippen LogP contribution in [0.15, 0.2) is 0 Å². The highest BCUT2D eigenvalue weighted by Gasteiger charge is 2.26. The summed E-state index contributed by atoms with van der Waals surface area (Å²) >= 11 is 0. The number of nitrogens with one attached hydrogen (secondary N) is 2. The molecule has 0 aromatic rings. The van der Waals surface area contributed by atoms with Gasteiger partial charge in [0.25, 0.3) is 0 Å². The molecule has 2 aliphatic heterocycles. The van der Waals surface area contributed by atoms with Crippen molar-refractivity contribution in [2.24, 2.45) is 0 Å². The highest BCUT2D eigenvalue weighted by atomic mass is 32.2. The summed E-state index contributed by atoms with van der Waals surface area (Å²) in [6.07, 6.45) is 3.70. The summed E-state index contributed by atoms with van der Waals surface area (Å²) in [4.78, 5) is 0. The first kappa shape index (κ1) is 12.3. The van der Waals surface area contributed by atoms with Crippen LogP contribution in [0.2, 0.25) is 0 Å². The van der Waals surface area contributed by atoms with E-state index in [1.807, 2.05) is 0 Å². The SMILES string of the molecule is O=S(=O)(CC1CCCO1)NC1CCCNC1. The summed E-state index contributed by atoms with van der Waals surface area (Å²) in [6, 6.07) is 0.0557. The van der Waals surface area contributed by atoms with E-state index in [2.05, 4.69) is 10.0 Å². The number of ether oxygens (including phenoxy) is 1. The van der Waals surface area contributed by atoms with Crippen molar-refractivity contribution in [1.29, 1.82) is 0 Å². The van der Waals surface area contributed by atoms with E-state index in [1.54, 1.807) is 0 Å². The molecule has 0 saturated carbocycles. The fraction of sp³-hybridized carbons (Fsp3) is 1.00. The molecule has 2 atom stereocenters. The number of sulfonamides is 1. The molecule has 0 spiro atoms. The molecule has 0 amide bonds. The molecule has 94 valence electrons. The summed E-state index contributed by atoms with van der Waals surface area (Å²) in [5.41, 5.74) is 0. The van der Waals surface area contributed by atoms with E-state index < -0.39 is 10.0 Å². The Balaban J connectivity index is 1.81. The van der Waals surface area contributed by atoms with E-state index in [0.29, 0.717) is 6.61 Å². The third-order valence-electron chi connectivity index (χ3n) is 3.07. The molecule has 2 rings (SSSR count). The number of hydrogen-bond acceptors (Lipinski definition) is 4. The van der Waals surface area contributed by atoms with Crippen molar-refractivity contribution in [3.63, 3.8) is 0 Å². The van der Waals surface area contributed by atoms with Gasteiger partial charge in [0.05, 0.1) is 11.9 Å². The molecule has 0 radical (unpaired) electrons. The van der Waals surface area contributed by atoms with Crippen molar-refractivity contribution in [2.75, 3.05) is 25.4 Å². The lowest BCUT2D eigenvalue weighted by atomic mass is 10.1. The Morgan fingerprint density at radius 3 is 2.81 bits per heavy atom. The van der Waals surface area contributed by atoms with Crippen LogP contribution in [-0.2, 0) is 14.8 Å². The predicted octanol–water partition coefficient (Wildman–Crippen LogP) is -0.163. The van der Waals surface area contributed by atoms with Gasteiger partial charge in [0.15, 0.2) is 0 Å². The molecular weight excluding hydrogens is 228 g/mol. The first-order chi connectivity index (χ1) is 7.66. The summed E-state index contributed by atoms with van der Waals surface area (Å²) in [6.45, 7) is 2.43. The number of rotatable bonds is 4. The Kier molecular flexibility index (Phi) is 4.18. The highest BCUT2D eigenvalue weighted by molar-refractivity contribution is 7.89. The van der Waals surface area contributed by atoms with Gasteiger partial charge in [0, 0.05) is 19.2 Å². The molecule has 6 heteroatoms. The van der Waals surface area contributed by atoms with Gasteiger partial charge in [-0.2, -0.15) is 0 Å². The van der Waals surface area contributed by atoms with Crippen molar-refractivity contribution in [1.82, 2.24) is 10.0 Å². The first-order valence-corrected chi connectivity index (χ1v) is 7.63. The minimum atomic E-state index is -3.18. The minimum absolute atomic E-state index is 0.0557. The van der Waals surface area contributed by atoms with Gasteiger partial charge in [-0.25, -0.2) is 13.1 Å². The van der Waals surface area contributed by atoms with Gasteiger partial charge in [-0.1, -0.05) is 0 Å². The van der Waals surface area contributed by atoms with E-state index >= 15 is 0 Å². The summed E-state index contributed by atoms with van der Waals surface area (Å²) in [5.74, 6) is 0.115. The second-order valence-corrected chi connectivity index (χ2v) is 6.38. The fourth-order valence-corrected chi connectivity index (χ4v) is 3.83. The summed E-state index contributed by atoms with van der Waals surface area (Å²) in [7, 11) is -3.18.